The molecule has 1 spiro atoms. The highest BCUT2D eigenvalue weighted by Gasteiger charge is 2.67. The van der Waals surface area contributed by atoms with Gasteiger partial charge in [-0.1, -0.05) is 110 Å². The van der Waals surface area contributed by atoms with Crippen LogP contribution in [0.1, 0.15) is 48.4 Å². The van der Waals surface area contributed by atoms with Gasteiger partial charge in [0.1, 0.15) is 5.75 Å². The molecule has 0 bridgehead atoms. The van der Waals surface area contributed by atoms with Gasteiger partial charge in [-0.3, -0.25) is 24.5 Å². The Balaban J connectivity index is 1.18. The Bertz CT molecular complexity index is 2550. The molecule has 8 rings (SSSR count). The number of rotatable bonds is 14. The number of aliphatic hydroxyl groups excluding tert-OH is 1. The maximum absolute atomic E-state index is 15.5. The Hall–Kier alpha value is -6.48. The van der Waals surface area contributed by atoms with E-state index in [2.05, 4.69) is 13.1 Å². The van der Waals surface area contributed by atoms with E-state index in [1.807, 2.05) is 116 Å². The molecular formula is C49H51N5O8Si. The van der Waals surface area contributed by atoms with Crippen molar-refractivity contribution in [3.8, 4) is 5.75 Å². The van der Waals surface area contributed by atoms with Gasteiger partial charge in [0.25, 0.3) is 11.6 Å². The molecule has 63 heavy (non-hydrogen) atoms. The number of hydrogen-bond acceptors (Lipinski definition) is 9. The van der Waals surface area contributed by atoms with Crippen LogP contribution in [0.4, 0.5) is 17.1 Å². The second kappa shape index (κ2) is 17.7. The third-order valence-electron chi connectivity index (χ3n) is 13.0. The molecule has 324 valence electrons. The highest BCUT2D eigenvalue weighted by molar-refractivity contribution is 6.91. The van der Waals surface area contributed by atoms with Crippen LogP contribution in [0.2, 0.25) is 18.6 Å². The number of nitrogens with zero attached hydrogens (tertiary/aromatic N) is 5. The number of hydrazone groups is 1. The van der Waals surface area contributed by atoms with Crippen molar-refractivity contribution < 1.29 is 33.9 Å². The fraction of sp³-hybridized carbons (Fsp3) is 0.306. The zero-order valence-electron chi connectivity index (χ0n) is 35.8. The van der Waals surface area contributed by atoms with Crippen molar-refractivity contribution >= 4 is 53.8 Å². The second-order valence-electron chi connectivity index (χ2n) is 17.0. The number of ether oxygens (including phenoxy) is 2. The second-order valence-corrected chi connectivity index (χ2v) is 21.7. The number of aliphatic hydroxyl groups is 1. The van der Waals surface area contributed by atoms with E-state index >= 15 is 4.79 Å². The van der Waals surface area contributed by atoms with Gasteiger partial charge in [0.15, 0.2) is 5.60 Å². The van der Waals surface area contributed by atoms with Crippen LogP contribution in [0.3, 0.4) is 0 Å². The summed E-state index contributed by atoms with van der Waals surface area (Å²) in [6, 6.07) is 38.9. The summed E-state index contributed by atoms with van der Waals surface area (Å²) in [4.78, 5) is 58.4. The zero-order valence-corrected chi connectivity index (χ0v) is 36.8. The van der Waals surface area contributed by atoms with Gasteiger partial charge in [-0.2, -0.15) is 5.10 Å². The third kappa shape index (κ3) is 8.17. The van der Waals surface area contributed by atoms with E-state index in [4.69, 9.17) is 14.6 Å². The molecule has 4 atom stereocenters. The van der Waals surface area contributed by atoms with Gasteiger partial charge in [-0.25, -0.2) is 5.01 Å². The summed E-state index contributed by atoms with van der Waals surface area (Å²) in [5, 5.41) is 29.7. The maximum atomic E-state index is 15.5. The number of carbonyl (C=O) groups is 3. The number of hydrogen-bond donors (Lipinski definition) is 1. The molecule has 3 aliphatic heterocycles. The van der Waals surface area contributed by atoms with Crippen molar-refractivity contribution in [2.24, 2.45) is 11.0 Å². The minimum Gasteiger partial charge on any atom is -0.497 e. The Morgan fingerprint density at radius 2 is 1.63 bits per heavy atom. The number of nitro groups is 1. The topological polar surface area (TPSA) is 155 Å². The van der Waals surface area contributed by atoms with Crippen molar-refractivity contribution in [3.63, 3.8) is 0 Å². The van der Waals surface area contributed by atoms with Crippen molar-refractivity contribution in [2.45, 2.75) is 69.6 Å². The van der Waals surface area contributed by atoms with Crippen molar-refractivity contribution in [1.29, 1.82) is 0 Å². The van der Waals surface area contributed by atoms with Crippen molar-refractivity contribution in [2.75, 3.05) is 30.2 Å². The Kier molecular flexibility index (Phi) is 12.1. The number of anilines is 2. The monoisotopic (exact) mass is 865 g/mol. The Morgan fingerprint density at radius 3 is 2.32 bits per heavy atom. The zero-order chi connectivity index (χ0) is 44.5. The lowest BCUT2D eigenvalue weighted by atomic mass is 9.82. The first-order valence-electron chi connectivity index (χ1n) is 21.3. The summed E-state index contributed by atoms with van der Waals surface area (Å²) in [5.74, 6) is -0.616. The lowest BCUT2D eigenvalue weighted by Crippen LogP contribution is -2.52. The lowest BCUT2D eigenvalue weighted by Gasteiger charge is -2.37. The molecule has 0 aromatic heterocycles. The van der Waals surface area contributed by atoms with E-state index in [1.165, 1.54) is 17.1 Å². The van der Waals surface area contributed by atoms with E-state index < -0.39 is 30.6 Å². The fourth-order valence-corrected chi connectivity index (χ4v) is 13.9. The summed E-state index contributed by atoms with van der Waals surface area (Å²) in [5.41, 5.74) is 2.55. The van der Waals surface area contributed by atoms with Crippen LogP contribution in [0.25, 0.3) is 0 Å². The van der Waals surface area contributed by atoms with E-state index in [0.717, 1.165) is 22.0 Å². The predicted molar refractivity (Wildman–Crippen MR) is 244 cm³/mol. The third-order valence-corrected chi connectivity index (χ3v) is 17.3. The molecular weight excluding hydrogens is 815 g/mol. The van der Waals surface area contributed by atoms with Gasteiger partial charge in [-0.15, -0.1) is 0 Å². The standard InChI is InChI=1S/C49H51N5O8Si/c1-33-47(63(3,4)40-21-19-39(61-2)20-22-40)44(30-46(57)51(26-27-55)31-34-12-7-5-8-13-34)62-49(33)41-29-38(54(59)60)18-24-43(41)52(48(49)58)32-35-14-11-17-37(28-35)53-45(56)25-23-42(50-53)36-15-9-6-10-16-36/h5-22,24,28-29,33,44,47,55H,23,25-27,30-32H2,1-4H3/t33-,44+,47-,49+/m0/s1. The smallest absolute Gasteiger partial charge is 0.269 e. The van der Waals surface area contributed by atoms with Crippen molar-refractivity contribution in [3.05, 3.63) is 160 Å². The highest BCUT2D eigenvalue weighted by Crippen LogP contribution is 2.60. The molecule has 3 amide bonds. The van der Waals surface area contributed by atoms with Gasteiger partial charge >= 0.3 is 0 Å². The molecule has 5 aromatic rings. The number of nitro benzene ring substituents is 1. The number of benzene rings is 5. The number of methoxy groups -OCH3 is 1. The van der Waals surface area contributed by atoms with E-state index in [0.29, 0.717) is 34.7 Å². The molecule has 1 fully saturated rings. The summed E-state index contributed by atoms with van der Waals surface area (Å²) in [6.07, 6.45) is -0.0416. The minimum absolute atomic E-state index is 0.0710. The number of amides is 3. The summed E-state index contributed by atoms with van der Waals surface area (Å²) >= 11 is 0. The van der Waals surface area contributed by atoms with E-state index in [9.17, 15) is 24.8 Å². The molecule has 14 heteroatoms. The molecule has 3 aliphatic rings. The summed E-state index contributed by atoms with van der Waals surface area (Å²) < 4.78 is 12.7. The van der Waals surface area contributed by atoms with Crippen LogP contribution >= 0.6 is 0 Å². The fourth-order valence-electron chi connectivity index (χ4n) is 9.85. The maximum Gasteiger partial charge on any atom is 0.269 e. The Morgan fingerprint density at radius 1 is 0.937 bits per heavy atom. The molecule has 1 saturated heterocycles. The van der Waals surface area contributed by atoms with Gasteiger partial charge in [-0.05, 0) is 52.6 Å². The predicted octanol–water partition coefficient (Wildman–Crippen LogP) is 7.31. The van der Waals surface area contributed by atoms with Crippen LogP contribution in [0.5, 0.6) is 5.75 Å². The SMILES string of the molecule is COc1ccc([Si](C)(C)[C@@H]2[C@@H](CC(=O)N(CCO)Cc3ccccc3)O[C@]3(C(=O)N(Cc4cccc(N5N=C(c6ccccc6)CCC5=O)c4)c4ccc([N+](=O)[O-])cc43)[C@H]2C)cc1. The average molecular weight is 866 g/mol. The van der Waals surface area contributed by atoms with Crippen LogP contribution in [-0.2, 0) is 37.8 Å². The van der Waals surface area contributed by atoms with Crippen LogP contribution < -0.4 is 19.8 Å². The van der Waals surface area contributed by atoms with Gasteiger partial charge < -0.3 is 24.4 Å². The average Bonchev–Trinajstić information content (AvgIpc) is 3.72. The number of non-ortho nitro benzene ring substituents is 1. The summed E-state index contributed by atoms with van der Waals surface area (Å²) in [7, 11) is -1.09. The molecule has 13 nitrogen and oxygen atoms in total. The quantitative estimate of drug-likeness (QED) is 0.0693. The first-order chi connectivity index (χ1) is 30.3. The Labute approximate surface area is 367 Å². The van der Waals surface area contributed by atoms with Crippen LogP contribution in [-0.4, -0.2) is 72.8 Å². The first-order valence-corrected chi connectivity index (χ1v) is 24.3. The van der Waals surface area contributed by atoms with Crippen molar-refractivity contribution in [1.82, 2.24) is 4.90 Å². The normalized spacial score (nSPS) is 20.8. The van der Waals surface area contributed by atoms with Crippen LogP contribution in [0, 0.1) is 16.0 Å². The van der Waals surface area contributed by atoms with E-state index in [-0.39, 0.29) is 68.0 Å². The first kappa shape index (κ1) is 43.2. The minimum atomic E-state index is -2.70. The molecule has 1 N–H and O–H groups in total. The van der Waals surface area contributed by atoms with Gasteiger partial charge in [0.05, 0.1) is 62.9 Å². The van der Waals surface area contributed by atoms with E-state index in [1.54, 1.807) is 23.0 Å². The van der Waals surface area contributed by atoms with Crippen LogP contribution in [0.15, 0.2) is 132 Å². The molecule has 0 radical (unpaired) electrons. The number of fused-ring (bicyclic) bond motifs is 2. The number of carbonyl (C=O) groups excluding carboxylic acids is 3. The van der Waals surface area contributed by atoms with Gasteiger partial charge in [0.2, 0.25) is 11.8 Å². The molecule has 0 aliphatic carbocycles. The van der Waals surface area contributed by atoms with Gasteiger partial charge in [0, 0.05) is 49.5 Å². The lowest BCUT2D eigenvalue weighted by molar-refractivity contribution is -0.385. The molecule has 5 aromatic carbocycles. The highest BCUT2D eigenvalue weighted by atomic mass is 28.3. The largest absolute Gasteiger partial charge is 0.497 e. The molecule has 0 saturated carbocycles. The summed E-state index contributed by atoms with van der Waals surface area (Å²) in [6.45, 7) is 6.59. The molecule has 3 heterocycles. The molecule has 0 unspecified atom stereocenters.